The van der Waals surface area contributed by atoms with E-state index in [0.717, 1.165) is 17.8 Å². The van der Waals surface area contributed by atoms with Crippen LogP contribution in [-0.4, -0.2) is 9.97 Å². The van der Waals surface area contributed by atoms with E-state index in [-0.39, 0.29) is 0 Å². The first kappa shape index (κ1) is 10.2. The minimum Gasteiger partial charge on any atom is -0.346 e. The molecule has 0 fully saturated rings. The fourth-order valence-corrected chi connectivity index (χ4v) is 2.13. The average Bonchev–Trinajstić information content (AvgIpc) is 2.59. The summed E-state index contributed by atoms with van der Waals surface area (Å²) in [6.45, 7) is 8.80. The van der Waals surface area contributed by atoms with Gasteiger partial charge in [-0.3, -0.25) is 0 Å². The van der Waals surface area contributed by atoms with E-state index in [1.807, 2.05) is 6.20 Å². The average molecular weight is 202 g/mol. The first-order valence-electron chi connectivity index (χ1n) is 5.52. The van der Waals surface area contributed by atoms with E-state index in [2.05, 4.69) is 43.7 Å². The summed E-state index contributed by atoms with van der Waals surface area (Å²) in [5, 5.41) is 1.26. The molecule has 0 saturated carbocycles. The van der Waals surface area contributed by atoms with Crippen LogP contribution >= 0.6 is 0 Å². The Hall–Kier alpha value is -1.31. The fraction of sp³-hybridized carbons (Fsp3) is 0.462. The van der Waals surface area contributed by atoms with Crippen molar-refractivity contribution >= 4 is 11.0 Å². The summed E-state index contributed by atoms with van der Waals surface area (Å²) < 4.78 is 0. The van der Waals surface area contributed by atoms with Gasteiger partial charge in [0.15, 0.2) is 0 Å². The first-order valence-corrected chi connectivity index (χ1v) is 5.52. The number of aromatic amines is 1. The summed E-state index contributed by atoms with van der Waals surface area (Å²) in [6, 6.07) is 2.11. The zero-order valence-corrected chi connectivity index (χ0v) is 9.89. The number of nitrogens with one attached hydrogen (secondary N) is 1. The normalized spacial score (nSPS) is 11.5. The van der Waals surface area contributed by atoms with Crippen molar-refractivity contribution in [3.63, 3.8) is 0 Å². The highest BCUT2D eigenvalue weighted by Gasteiger charge is 2.10. The molecular formula is C13H18N2. The van der Waals surface area contributed by atoms with Crippen LogP contribution in [0.2, 0.25) is 0 Å². The molecule has 0 saturated heterocycles. The van der Waals surface area contributed by atoms with Gasteiger partial charge >= 0.3 is 0 Å². The number of fused-ring (bicyclic) bond motifs is 1. The topological polar surface area (TPSA) is 28.7 Å². The molecule has 0 bridgehead atoms. The second-order valence-corrected chi connectivity index (χ2v) is 4.64. The minimum absolute atomic E-state index is 0.681. The highest BCUT2D eigenvalue weighted by Crippen LogP contribution is 2.23. The van der Waals surface area contributed by atoms with Gasteiger partial charge in [0, 0.05) is 17.3 Å². The van der Waals surface area contributed by atoms with Gasteiger partial charge in [-0.15, -0.1) is 0 Å². The number of nitrogens with zero attached hydrogens (tertiary/aromatic N) is 1. The van der Waals surface area contributed by atoms with E-state index in [9.17, 15) is 0 Å². The molecular weight excluding hydrogens is 184 g/mol. The van der Waals surface area contributed by atoms with Crippen molar-refractivity contribution in [2.24, 2.45) is 5.92 Å². The smallest absolute Gasteiger partial charge is 0.137 e. The second-order valence-electron chi connectivity index (χ2n) is 4.64. The molecule has 15 heavy (non-hydrogen) atoms. The Morgan fingerprint density at radius 3 is 2.73 bits per heavy atom. The summed E-state index contributed by atoms with van der Waals surface area (Å²) in [6.07, 6.45) is 3.08. The van der Waals surface area contributed by atoms with Gasteiger partial charge in [-0.2, -0.15) is 0 Å². The molecule has 2 aromatic heterocycles. The third-order valence-corrected chi connectivity index (χ3v) is 2.91. The van der Waals surface area contributed by atoms with E-state index in [4.69, 9.17) is 0 Å². The molecule has 0 spiro atoms. The van der Waals surface area contributed by atoms with Crippen molar-refractivity contribution in [3.05, 3.63) is 29.1 Å². The third-order valence-electron chi connectivity index (χ3n) is 2.91. The maximum absolute atomic E-state index is 4.59. The number of hydrogen-bond acceptors (Lipinski definition) is 1. The number of rotatable bonds is 2. The van der Waals surface area contributed by atoms with E-state index in [0.29, 0.717) is 5.92 Å². The van der Waals surface area contributed by atoms with Crippen molar-refractivity contribution in [2.75, 3.05) is 0 Å². The Bertz CT molecular complexity index is 480. The Balaban J connectivity index is 2.61. The fourth-order valence-electron chi connectivity index (χ4n) is 2.13. The SMILES string of the molecule is Cc1nc2[nH]ccc2c(C)c1CC(C)C. The Morgan fingerprint density at radius 1 is 1.33 bits per heavy atom. The van der Waals surface area contributed by atoms with Crippen LogP contribution in [0.25, 0.3) is 11.0 Å². The predicted octanol–water partition coefficient (Wildman–Crippen LogP) is 3.38. The molecule has 0 amide bonds. The van der Waals surface area contributed by atoms with Crippen LogP contribution in [0, 0.1) is 19.8 Å². The molecule has 2 aromatic rings. The second kappa shape index (κ2) is 3.69. The Kier molecular flexibility index (Phi) is 2.51. The lowest BCUT2D eigenvalue weighted by Crippen LogP contribution is -2.02. The van der Waals surface area contributed by atoms with E-state index in [1.54, 1.807) is 0 Å². The maximum atomic E-state index is 4.59. The van der Waals surface area contributed by atoms with Crippen molar-refractivity contribution in [1.82, 2.24) is 9.97 Å². The number of aryl methyl sites for hydroxylation is 2. The summed E-state index contributed by atoms with van der Waals surface area (Å²) in [5.41, 5.74) is 4.97. The molecule has 0 radical (unpaired) electrons. The van der Waals surface area contributed by atoms with Gasteiger partial charge in [0.2, 0.25) is 0 Å². The molecule has 0 unspecified atom stereocenters. The van der Waals surface area contributed by atoms with Crippen molar-refractivity contribution in [3.8, 4) is 0 Å². The minimum atomic E-state index is 0.681. The lowest BCUT2D eigenvalue weighted by Gasteiger charge is -2.12. The predicted molar refractivity (Wildman–Crippen MR) is 64.1 cm³/mol. The molecule has 0 aliphatic heterocycles. The van der Waals surface area contributed by atoms with Crippen molar-refractivity contribution in [1.29, 1.82) is 0 Å². The molecule has 2 heterocycles. The lowest BCUT2D eigenvalue weighted by atomic mass is 9.96. The third kappa shape index (κ3) is 1.76. The zero-order chi connectivity index (χ0) is 11.0. The van der Waals surface area contributed by atoms with Gasteiger partial charge in [0.25, 0.3) is 0 Å². The van der Waals surface area contributed by atoms with Crippen molar-refractivity contribution in [2.45, 2.75) is 34.1 Å². The van der Waals surface area contributed by atoms with Gasteiger partial charge in [0.1, 0.15) is 5.65 Å². The molecule has 1 N–H and O–H groups in total. The molecule has 0 aromatic carbocycles. The quantitative estimate of drug-likeness (QED) is 0.794. The van der Waals surface area contributed by atoms with Crippen molar-refractivity contribution < 1.29 is 0 Å². The van der Waals surface area contributed by atoms with Crippen LogP contribution in [-0.2, 0) is 6.42 Å². The van der Waals surface area contributed by atoms with Crippen LogP contribution in [0.3, 0.4) is 0 Å². The molecule has 80 valence electrons. The van der Waals surface area contributed by atoms with Crippen LogP contribution in [0.1, 0.15) is 30.7 Å². The monoisotopic (exact) mass is 202 g/mol. The molecule has 2 heteroatoms. The van der Waals surface area contributed by atoms with Gasteiger partial charge in [-0.1, -0.05) is 13.8 Å². The lowest BCUT2D eigenvalue weighted by molar-refractivity contribution is 0.641. The first-order chi connectivity index (χ1) is 7.09. The number of aromatic nitrogens is 2. The molecule has 0 aliphatic carbocycles. The zero-order valence-electron chi connectivity index (χ0n) is 9.89. The van der Waals surface area contributed by atoms with Crippen LogP contribution < -0.4 is 0 Å². The van der Waals surface area contributed by atoms with Gasteiger partial charge in [0.05, 0.1) is 0 Å². The molecule has 0 atom stereocenters. The van der Waals surface area contributed by atoms with Crippen LogP contribution in [0.4, 0.5) is 0 Å². The van der Waals surface area contributed by atoms with Gasteiger partial charge in [-0.05, 0) is 43.4 Å². The highest BCUT2D eigenvalue weighted by molar-refractivity contribution is 5.80. The molecule has 0 aliphatic rings. The maximum Gasteiger partial charge on any atom is 0.137 e. The number of H-pyrrole nitrogens is 1. The van der Waals surface area contributed by atoms with Gasteiger partial charge < -0.3 is 4.98 Å². The number of hydrogen-bond donors (Lipinski definition) is 1. The summed E-state index contributed by atoms with van der Waals surface area (Å²) in [7, 11) is 0. The number of pyridine rings is 1. The molecule has 2 rings (SSSR count). The standard InChI is InChI=1S/C13H18N2/c1-8(2)7-12-9(3)11-5-6-14-13(11)15-10(12)4/h5-6,8H,7H2,1-4H3,(H,14,15). The molecule has 2 nitrogen and oxygen atoms in total. The van der Waals surface area contributed by atoms with E-state index in [1.165, 1.54) is 16.5 Å². The van der Waals surface area contributed by atoms with Crippen LogP contribution in [0.15, 0.2) is 12.3 Å². The largest absolute Gasteiger partial charge is 0.346 e. The Morgan fingerprint density at radius 2 is 2.07 bits per heavy atom. The van der Waals surface area contributed by atoms with Gasteiger partial charge in [-0.25, -0.2) is 4.98 Å². The summed E-state index contributed by atoms with van der Waals surface area (Å²) >= 11 is 0. The van der Waals surface area contributed by atoms with E-state index < -0.39 is 0 Å². The highest BCUT2D eigenvalue weighted by atomic mass is 14.8. The van der Waals surface area contributed by atoms with Crippen LogP contribution in [0.5, 0.6) is 0 Å². The van der Waals surface area contributed by atoms with E-state index >= 15 is 0 Å². The Labute approximate surface area is 90.7 Å². The summed E-state index contributed by atoms with van der Waals surface area (Å²) in [5.74, 6) is 0.681. The summed E-state index contributed by atoms with van der Waals surface area (Å²) in [4.78, 5) is 7.76.